The van der Waals surface area contributed by atoms with Gasteiger partial charge in [0.2, 0.25) is 0 Å². The molecule has 8 atom stereocenters. The summed E-state index contributed by atoms with van der Waals surface area (Å²) < 4.78 is 0. The zero-order valence-corrected chi connectivity index (χ0v) is 21.8. The van der Waals surface area contributed by atoms with Crippen LogP contribution < -0.4 is 0 Å². The minimum atomic E-state index is -1.64. The smallest absolute Gasteiger partial charge is 0.133 e. The molecule has 4 unspecified atom stereocenters. The topological polar surface area (TPSA) is 37.3 Å². The summed E-state index contributed by atoms with van der Waals surface area (Å²) in [5.74, 6) is 2.87. The quantitative estimate of drug-likeness (QED) is 0.378. The molecule has 30 heavy (non-hydrogen) atoms. The van der Waals surface area contributed by atoms with Crippen molar-refractivity contribution in [2.45, 2.75) is 116 Å². The van der Waals surface area contributed by atoms with Crippen LogP contribution in [-0.4, -0.2) is 25.1 Å². The van der Waals surface area contributed by atoms with Crippen molar-refractivity contribution >= 4 is 13.9 Å². The number of allylic oxidation sites excluding steroid dienone is 1. The molecule has 0 heterocycles. The summed E-state index contributed by atoms with van der Waals surface area (Å²) in [5, 5.41) is 11.2. The zero-order chi connectivity index (χ0) is 22.3. The summed E-state index contributed by atoms with van der Waals surface area (Å²) in [5.41, 5.74) is 2.67. The van der Waals surface area contributed by atoms with Gasteiger partial charge in [-0.15, -0.1) is 0 Å². The van der Waals surface area contributed by atoms with Crippen LogP contribution in [0, 0.1) is 34.5 Å². The van der Waals surface area contributed by atoms with Crippen LogP contribution in [-0.2, 0) is 4.79 Å². The first-order chi connectivity index (χ1) is 13.7. The Balaban J connectivity index is 1.76. The van der Waals surface area contributed by atoms with E-state index in [0.717, 1.165) is 31.1 Å². The Kier molecular flexibility index (Phi) is 5.34. The third-order valence-electron chi connectivity index (χ3n) is 11.5. The van der Waals surface area contributed by atoms with Crippen molar-refractivity contribution in [3.8, 4) is 0 Å². The number of rotatable bonds is 2. The molecular formula is C27H46O2Si. The van der Waals surface area contributed by atoms with Crippen LogP contribution >= 0.6 is 0 Å². The second-order valence-corrected chi connectivity index (χ2v) is 19.2. The van der Waals surface area contributed by atoms with Gasteiger partial charge in [-0.25, -0.2) is 0 Å². The van der Waals surface area contributed by atoms with Crippen molar-refractivity contribution in [1.29, 1.82) is 0 Å². The molecule has 2 nitrogen and oxygen atoms in total. The first-order valence-electron chi connectivity index (χ1n) is 12.6. The van der Waals surface area contributed by atoms with Crippen molar-refractivity contribution in [3.05, 3.63) is 11.6 Å². The molecule has 0 bridgehead atoms. The molecule has 0 amide bonds. The van der Waals surface area contributed by atoms with E-state index < -0.39 is 8.07 Å². The molecule has 4 aliphatic rings. The van der Waals surface area contributed by atoms with E-state index in [1.165, 1.54) is 25.7 Å². The fraction of sp³-hybridized carbons (Fsp3) is 0.889. The predicted octanol–water partition coefficient (Wildman–Crippen LogP) is 7.00. The molecule has 4 aliphatic carbocycles. The highest BCUT2D eigenvalue weighted by Crippen LogP contribution is 2.70. The third kappa shape index (κ3) is 3.00. The standard InChI is InChI=1S/C27H46O2Si/c1-17(28)21-11-12-22-20-10-9-18-15-19(29)16-24(30(7,8)25(2,3)4)27(18,6)23(20)13-14-26(21,22)5/h9,19-24,29H,10-16H2,1-8H3/t19-,20?,21+,22?,23?,24?,26+,27-/m0/s1. The molecular weight excluding hydrogens is 384 g/mol. The molecule has 0 spiro atoms. The second kappa shape index (κ2) is 7.04. The van der Waals surface area contributed by atoms with Crippen molar-refractivity contribution in [2.24, 2.45) is 34.5 Å². The van der Waals surface area contributed by atoms with Crippen molar-refractivity contribution in [3.63, 3.8) is 0 Å². The Morgan fingerprint density at radius 1 is 1.13 bits per heavy atom. The molecule has 3 heteroatoms. The number of Topliss-reactive ketones (excluding diaryl/α,β-unsaturated/α-hetero) is 1. The number of aliphatic hydroxyl groups is 1. The maximum atomic E-state index is 12.5. The van der Waals surface area contributed by atoms with Gasteiger partial charge in [0.25, 0.3) is 0 Å². The highest BCUT2D eigenvalue weighted by molar-refractivity contribution is 6.81. The summed E-state index contributed by atoms with van der Waals surface area (Å²) in [6, 6.07) is 0. The van der Waals surface area contributed by atoms with Crippen LogP contribution in [0.15, 0.2) is 11.6 Å². The molecule has 1 N–H and O–H groups in total. The van der Waals surface area contributed by atoms with E-state index >= 15 is 0 Å². The minimum absolute atomic E-state index is 0.164. The van der Waals surface area contributed by atoms with E-state index in [-0.39, 0.29) is 22.9 Å². The molecule has 3 fully saturated rings. The molecule has 4 rings (SSSR count). The molecule has 0 aromatic heterocycles. The molecule has 0 aromatic rings. The van der Waals surface area contributed by atoms with Crippen LogP contribution in [0.1, 0.15) is 86.5 Å². The van der Waals surface area contributed by atoms with Gasteiger partial charge in [-0.2, -0.15) is 0 Å². The summed E-state index contributed by atoms with van der Waals surface area (Å²) in [6.07, 6.45) is 10.3. The van der Waals surface area contributed by atoms with E-state index in [4.69, 9.17) is 0 Å². The molecule has 0 radical (unpaired) electrons. The molecule has 0 aromatic carbocycles. The van der Waals surface area contributed by atoms with Gasteiger partial charge >= 0.3 is 0 Å². The average molecular weight is 431 g/mol. The number of carbonyl (C=O) groups excluding carboxylic acids is 1. The van der Waals surface area contributed by atoms with Gasteiger partial charge in [-0.05, 0) is 91.0 Å². The Labute approximate surface area is 186 Å². The van der Waals surface area contributed by atoms with Crippen LogP contribution in [0.4, 0.5) is 0 Å². The lowest BCUT2D eigenvalue weighted by Gasteiger charge is -2.64. The van der Waals surface area contributed by atoms with Crippen molar-refractivity contribution in [1.82, 2.24) is 0 Å². The Hall–Kier alpha value is -0.413. The first-order valence-corrected chi connectivity index (χ1v) is 15.7. The summed E-state index contributed by atoms with van der Waals surface area (Å²) in [7, 11) is -1.64. The number of aliphatic hydroxyl groups excluding tert-OH is 1. The maximum absolute atomic E-state index is 12.5. The highest BCUT2D eigenvalue weighted by atomic mass is 28.3. The van der Waals surface area contributed by atoms with Gasteiger partial charge in [0.1, 0.15) is 5.78 Å². The molecule has 0 saturated heterocycles. The summed E-state index contributed by atoms with van der Waals surface area (Å²) in [4.78, 5) is 12.5. The highest BCUT2D eigenvalue weighted by Gasteiger charge is 2.63. The molecule has 3 saturated carbocycles. The largest absolute Gasteiger partial charge is 0.393 e. The third-order valence-corrected chi connectivity index (χ3v) is 18.0. The predicted molar refractivity (Wildman–Crippen MR) is 128 cm³/mol. The zero-order valence-electron chi connectivity index (χ0n) is 20.8. The van der Waals surface area contributed by atoms with Gasteiger partial charge in [-0.1, -0.05) is 59.4 Å². The number of hydrogen-bond acceptors (Lipinski definition) is 2. The Morgan fingerprint density at radius 2 is 1.80 bits per heavy atom. The summed E-state index contributed by atoms with van der Waals surface area (Å²) in [6.45, 7) is 19.4. The average Bonchev–Trinajstić information content (AvgIpc) is 2.98. The van der Waals surface area contributed by atoms with Gasteiger partial charge in [-0.3, -0.25) is 4.79 Å². The van der Waals surface area contributed by atoms with Gasteiger partial charge in [0.15, 0.2) is 0 Å². The van der Waals surface area contributed by atoms with E-state index in [1.54, 1.807) is 5.57 Å². The second-order valence-electron chi connectivity index (χ2n) is 13.5. The number of fused-ring (bicyclic) bond motifs is 5. The lowest BCUT2D eigenvalue weighted by atomic mass is 9.47. The van der Waals surface area contributed by atoms with E-state index in [0.29, 0.717) is 22.3 Å². The fourth-order valence-electron chi connectivity index (χ4n) is 8.97. The van der Waals surface area contributed by atoms with Gasteiger partial charge in [0, 0.05) is 5.92 Å². The lowest BCUT2D eigenvalue weighted by Crippen LogP contribution is -2.58. The van der Waals surface area contributed by atoms with E-state index in [2.05, 4.69) is 53.8 Å². The van der Waals surface area contributed by atoms with Gasteiger partial charge in [0.05, 0.1) is 14.2 Å². The number of hydrogen-bond donors (Lipinski definition) is 1. The Bertz CT molecular complexity index is 746. The SMILES string of the molecule is CC(=O)[C@H]1CCC2C3CC=C4C[C@H](O)CC([Si](C)(C)C(C)(C)C)[C@]4(C)C3CC[C@@]21C. The van der Waals surface area contributed by atoms with Gasteiger partial charge < -0.3 is 5.11 Å². The van der Waals surface area contributed by atoms with E-state index in [9.17, 15) is 9.90 Å². The molecule has 0 aliphatic heterocycles. The van der Waals surface area contributed by atoms with Crippen molar-refractivity contribution in [2.75, 3.05) is 0 Å². The fourth-order valence-corrected chi connectivity index (χ4v) is 12.8. The first kappa shape index (κ1) is 22.8. The minimum Gasteiger partial charge on any atom is -0.393 e. The van der Waals surface area contributed by atoms with Crippen LogP contribution in [0.5, 0.6) is 0 Å². The summed E-state index contributed by atoms with van der Waals surface area (Å²) >= 11 is 0. The van der Waals surface area contributed by atoms with Crippen LogP contribution in [0.2, 0.25) is 23.7 Å². The molecule has 170 valence electrons. The van der Waals surface area contributed by atoms with Crippen LogP contribution in [0.3, 0.4) is 0 Å². The monoisotopic (exact) mass is 430 g/mol. The number of ketones is 1. The maximum Gasteiger partial charge on any atom is 0.133 e. The normalized spacial score (nSPS) is 46.5. The van der Waals surface area contributed by atoms with Crippen LogP contribution in [0.25, 0.3) is 0 Å². The van der Waals surface area contributed by atoms with Crippen molar-refractivity contribution < 1.29 is 9.90 Å². The Morgan fingerprint density at radius 3 is 2.40 bits per heavy atom. The van der Waals surface area contributed by atoms with E-state index in [1.807, 2.05) is 6.92 Å². The number of carbonyl (C=O) groups is 1. The lowest BCUT2D eigenvalue weighted by molar-refractivity contribution is -0.127.